The number of aromatic nitrogens is 3. The zero-order chi connectivity index (χ0) is 16.4. The molecule has 0 aromatic carbocycles. The van der Waals surface area contributed by atoms with Crippen LogP contribution in [0.25, 0.3) is 5.78 Å². The molecule has 8 heteroatoms. The number of carbonyl (C=O) groups excluding carboxylic acids is 1. The Hall–Kier alpha value is -1.70. The summed E-state index contributed by atoms with van der Waals surface area (Å²) in [6.07, 6.45) is 7.84. The van der Waals surface area contributed by atoms with E-state index in [2.05, 4.69) is 20.2 Å². The Balaban J connectivity index is 0.00000182. The number of hydrogen-bond acceptors (Lipinski definition) is 5. The second-order valence-electron chi connectivity index (χ2n) is 6.71. The van der Waals surface area contributed by atoms with Gasteiger partial charge in [-0.1, -0.05) is 0 Å². The third-order valence-corrected chi connectivity index (χ3v) is 4.95. The molecule has 4 heterocycles. The maximum atomic E-state index is 12.7. The number of piperidine rings is 1. The van der Waals surface area contributed by atoms with Gasteiger partial charge in [0.2, 0.25) is 11.7 Å². The van der Waals surface area contributed by atoms with E-state index in [1.807, 2.05) is 27.8 Å². The van der Waals surface area contributed by atoms with Crippen molar-refractivity contribution in [3.63, 3.8) is 0 Å². The SMILES string of the molecule is Cl.O=C(C1CCCN(Cc2cn3cccnc3n2)C1)N1CCNCC1. The molecular weight excluding hydrogens is 340 g/mol. The van der Waals surface area contributed by atoms with Crippen LogP contribution in [0, 0.1) is 5.92 Å². The minimum atomic E-state index is 0. The first-order valence-corrected chi connectivity index (χ1v) is 8.80. The lowest BCUT2D eigenvalue weighted by Gasteiger charge is -2.36. The number of halogens is 1. The molecule has 0 saturated carbocycles. The predicted octanol–water partition coefficient (Wildman–Crippen LogP) is 0.795. The summed E-state index contributed by atoms with van der Waals surface area (Å²) in [5.41, 5.74) is 1.02. The molecule has 2 aliphatic heterocycles. The number of piperazine rings is 1. The van der Waals surface area contributed by atoms with E-state index in [1.165, 1.54) is 0 Å². The molecule has 1 atom stereocenters. The van der Waals surface area contributed by atoms with Crippen molar-refractivity contribution in [1.82, 2.24) is 29.5 Å². The van der Waals surface area contributed by atoms with Crippen LogP contribution in [-0.2, 0) is 11.3 Å². The van der Waals surface area contributed by atoms with Gasteiger partial charge < -0.3 is 10.2 Å². The lowest BCUT2D eigenvalue weighted by molar-refractivity contribution is -0.138. The minimum absolute atomic E-state index is 0. The number of imidazole rings is 1. The molecule has 2 fully saturated rings. The summed E-state index contributed by atoms with van der Waals surface area (Å²) in [6, 6.07) is 1.90. The molecule has 2 aromatic rings. The Labute approximate surface area is 153 Å². The average molecular weight is 365 g/mol. The van der Waals surface area contributed by atoms with E-state index in [1.54, 1.807) is 6.20 Å². The summed E-state index contributed by atoms with van der Waals surface area (Å²) < 4.78 is 1.95. The van der Waals surface area contributed by atoms with Crippen LogP contribution >= 0.6 is 12.4 Å². The third-order valence-electron chi connectivity index (χ3n) is 4.95. The highest BCUT2D eigenvalue weighted by atomic mass is 35.5. The average Bonchev–Trinajstić information content (AvgIpc) is 3.04. The van der Waals surface area contributed by atoms with Crippen LogP contribution in [0.3, 0.4) is 0 Å². The van der Waals surface area contributed by atoms with Crippen molar-refractivity contribution in [1.29, 1.82) is 0 Å². The largest absolute Gasteiger partial charge is 0.340 e. The van der Waals surface area contributed by atoms with E-state index in [0.29, 0.717) is 5.91 Å². The molecule has 2 aromatic heterocycles. The first-order valence-electron chi connectivity index (χ1n) is 8.80. The maximum Gasteiger partial charge on any atom is 0.233 e. The predicted molar refractivity (Wildman–Crippen MR) is 97.7 cm³/mol. The maximum absolute atomic E-state index is 12.7. The Morgan fingerprint density at radius 1 is 1.28 bits per heavy atom. The number of likely N-dealkylation sites (tertiary alicyclic amines) is 1. The summed E-state index contributed by atoms with van der Waals surface area (Å²) in [6.45, 7) is 6.17. The molecule has 1 amide bonds. The first kappa shape index (κ1) is 18.1. The number of carbonyl (C=O) groups is 1. The Kier molecular flexibility index (Phi) is 5.88. The van der Waals surface area contributed by atoms with Gasteiger partial charge in [0.05, 0.1) is 11.6 Å². The Morgan fingerprint density at radius 3 is 2.92 bits per heavy atom. The fraction of sp³-hybridized carbons (Fsp3) is 0.588. The first-order chi connectivity index (χ1) is 11.8. The van der Waals surface area contributed by atoms with Crippen LogP contribution in [0.4, 0.5) is 0 Å². The highest BCUT2D eigenvalue weighted by molar-refractivity contribution is 5.85. The molecule has 2 saturated heterocycles. The van der Waals surface area contributed by atoms with Gasteiger partial charge in [-0.15, -0.1) is 12.4 Å². The molecule has 0 radical (unpaired) electrons. The number of hydrogen-bond donors (Lipinski definition) is 1. The molecule has 4 rings (SSSR count). The summed E-state index contributed by atoms with van der Waals surface area (Å²) in [5.74, 6) is 1.20. The summed E-state index contributed by atoms with van der Waals surface area (Å²) in [4.78, 5) is 26.0. The number of amides is 1. The minimum Gasteiger partial charge on any atom is -0.340 e. The quantitative estimate of drug-likeness (QED) is 0.872. The van der Waals surface area contributed by atoms with Crippen LogP contribution in [0.15, 0.2) is 24.7 Å². The van der Waals surface area contributed by atoms with Crippen molar-refractivity contribution < 1.29 is 4.79 Å². The van der Waals surface area contributed by atoms with Crippen LogP contribution in [-0.4, -0.2) is 69.3 Å². The Bertz CT molecular complexity index is 681. The van der Waals surface area contributed by atoms with Gasteiger partial charge in [0.25, 0.3) is 0 Å². The third kappa shape index (κ3) is 4.11. The topological polar surface area (TPSA) is 65.8 Å². The molecule has 2 aliphatic rings. The van der Waals surface area contributed by atoms with Crippen molar-refractivity contribution in [3.05, 3.63) is 30.4 Å². The number of rotatable bonds is 3. The molecule has 0 aliphatic carbocycles. The molecule has 1 unspecified atom stereocenters. The Morgan fingerprint density at radius 2 is 2.12 bits per heavy atom. The van der Waals surface area contributed by atoms with Gasteiger partial charge in [-0.3, -0.25) is 14.1 Å². The number of fused-ring (bicyclic) bond motifs is 1. The van der Waals surface area contributed by atoms with Crippen LogP contribution in [0.1, 0.15) is 18.5 Å². The molecule has 1 N–H and O–H groups in total. The smallest absolute Gasteiger partial charge is 0.233 e. The van der Waals surface area contributed by atoms with Crippen LogP contribution < -0.4 is 5.32 Å². The molecule has 136 valence electrons. The highest BCUT2D eigenvalue weighted by Crippen LogP contribution is 2.21. The van der Waals surface area contributed by atoms with Gasteiger partial charge in [-0.05, 0) is 25.5 Å². The van der Waals surface area contributed by atoms with Gasteiger partial charge in [0, 0.05) is 57.9 Å². The second-order valence-corrected chi connectivity index (χ2v) is 6.71. The standard InChI is InChI=1S/C17H24N6O.ClH/c24-16(22-9-5-18-6-10-22)14-3-1-7-21(11-14)12-15-13-23-8-2-4-19-17(23)20-15;/h2,4,8,13-14,18H,1,3,5-7,9-12H2;1H. The fourth-order valence-electron chi connectivity index (χ4n) is 3.73. The van der Waals surface area contributed by atoms with Crippen LogP contribution in [0.2, 0.25) is 0 Å². The summed E-state index contributed by atoms with van der Waals surface area (Å²) >= 11 is 0. The second kappa shape index (κ2) is 8.12. The van der Waals surface area contributed by atoms with Crippen molar-refractivity contribution in [3.8, 4) is 0 Å². The lowest BCUT2D eigenvalue weighted by atomic mass is 9.96. The van der Waals surface area contributed by atoms with Crippen molar-refractivity contribution in [2.45, 2.75) is 19.4 Å². The zero-order valence-corrected chi connectivity index (χ0v) is 15.1. The van der Waals surface area contributed by atoms with Gasteiger partial charge in [-0.2, -0.15) is 0 Å². The zero-order valence-electron chi connectivity index (χ0n) is 14.3. The van der Waals surface area contributed by atoms with E-state index in [-0.39, 0.29) is 18.3 Å². The van der Waals surface area contributed by atoms with Gasteiger partial charge in [0.1, 0.15) is 0 Å². The number of nitrogens with one attached hydrogen (secondary N) is 1. The van der Waals surface area contributed by atoms with Crippen LogP contribution in [0.5, 0.6) is 0 Å². The normalized spacial score (nSPS) is 21.9. The van der Waals surface area contributed by atoms with E-state index >= 15 is 0 Å². The highest BCUT2D eigenvalue weighted by Gasteiger charge is 2.30. The number of nitrogens with zero attached hydrogens (tertiary/aromatic N) is 5. The molecule has 7 nitrogen and oxygen atoms in total. The monoisotopic (exact) mass is 364 g/mol. The van der Waals surface area contributed by atoms with Gasteiger partial charge in [0.15, 0.2) is 0 Å². The van der Waals surface area contributed by atoms with E-state index in [9.17, 15) is 4.79 Å². The van der Waals surface area contributed by atoms with E-state index in [0.717, 1.165) is 70.1 Å². The van der Waals surface area contributed by atoms with Crippen molar-refractivity contribution >= 4 is 24.1 Å². The molecule has 0 bridgehead atoms. The van der Waals surface area contributed by atoms with Crippen molar-refractivity contribution in [2.75, 3.05) is 39.3 Å². The van der Waals surface area contributed by atoms with Gasteiger partial charge >= 0.3 is 0 Å². The lowest BCUT2D eigenvalue weighted by Crippen LogP contribution is -2.51. The fourth-order valence-corrected chi connectivity index (χ4v) is 3.73. The van der Waals surface area contributed by atoms with E-state index in [4.69, 9.17) is 0 Å². The molecular formula is C17H25ClN6O. The van der Waals surface area contributed by atoms with Crippen molar-refractivity contribution in [2.24, 2.45) is 5.92 Å². The summed E-state index contributed by atoms with van der Waals surface area (Å²) in [5, 5.41) is 3.31. The summed E-state index contributed by atoms with van der Waals surface area (Å²) in [7, 11) is 0. The van der Waals surface area contributed by atoms with E-state index < -0.39 is 0 Å². The van der Waals surface area contributed by atoms with Gasteiger partial charge in [-0.25, -0.2) is 9.97 Å². The molecule has 25 heavy (non-hydrogen) atoms. The molecule has 0 spiro atoms.